The third kappa shape index (κ3) is 9.59. The number of aliphatic hydroxyl groups excluding tert-OH is 1. The van der Waals surface area contributed by atoms with Crippen molar-refractivity contribution in [2.45, 2.75) is 45.8 Å². The molecule has 9 heteroatoms. The molecular formula is C23H35N5O4. The third-order valence-electron chi connectivity index (χ3n) is 4.41. The quantitative estimate of drug-likeness (QED) is 0.301. The van der Waals surface area contributed by atoms with Crippen molar-refractivity contribution in [3.8, 4) is 11.6 Å². The molecule has 32 heavy (non-hydrogen) atoms. The first kappa shape index (κ1) is 25.5. The van der Waals surface area contributed by atoms with Gasteiger partial charge in [0.2, 0.25) is 5.88 Å². The molecule has 1 aromatic heterocycles. The van der Waals surface area contributed by atoms with Crippen LogP contribution in [0.5, 0.6) is 11.6 Å². The van der Waals surface area contributed by atoms with Gasteiger partial charge in [-0.05, 0) is 51.8 Å². The van der Waals surface area contributed by atoms with E-state index in [1.807, 2.05) is 52.0 Å². The zero-order chi connectivity index (χ0) is 23.4. The first-order chi connectivity index (χ1) is 15.3. The minimum Gasteiger partial charge on any atom is -0.491 e. The van der Waals surface area contributed by atoms with E-state index in [9.17, 15) is 5.11 Å². The van der Waals surface area contributed by atoms with E-state index in [-0.39, 0.29) is 12.1 Å². The molecule has 0 saturated heterocycles. The summed E-state index contributed by atoms with van der Waals surface area (Å²) in [6.45, 7) is 9.28. The number of β-amino-alcohol motifs (C(OH)–C–C–N with tert-alkyl or cyclic N) is 1. The van der Waals surface area contributed by atoms with Crippen LogP contribution in [0.4, 0.5) is 5.82 Å². The summed E-state index contributed by atoms with van der Waals surface area (Å²) in [5.41, 5.74) is 4.37. The monoisotopic (exact) mass is 445 g/mol. The van der Waals surface area contributed by atoms with Gasteiger partial charge in [-0.3, -0.25) is 5.43 Å². The molecule has 0 aliphatic rings. The number of aliphatic hydroxyl groups is 1. The van der Waals surface area contributed by atoms with Crippen LogP contribution in [0.2, 0.25) is 0 Å². The number of hydrogen-bond donors (Lipinski definition) is 3. The Labute approximate surface area is 190 Å². The molecule has 2 aromatic rings. The van der Waals surface area contributed by atoms with Crippen LogP contribution in [0.25, 0.3) is 0 Å². The average molecular weight is 446 g/mol. The normalized spacial score (nSPS) is 12.2. The minimum atomic E-state index is -0.669. The Morgan fingerprint density at radius 2 is 1.91 bits per heavy atom. The van der Waals surface area contributed by atoms with Crippen LogP contribution >= 0.6 is 0 Å². The molecule has 0 saturated carbocycles. The summed E-state index contributed by atoms with van der Waals surface area (Å²) < 4.78 is 16.7. The zero-order valence-electron chi connectivity index (χ0n) is 19.6. The fourth-order valence-corrected chi connectivity index (χ4v) is 2.63. The topological polar surface area (TPSA) is 110 Å². The highest BCUT2D eigenvalue weighted by Gasteiger charge is 2.20. The number of benzene rings is 1. The van der Waals surface area contributed by atoms with Crippen LogP contribution in [-0.2, 0) is 11.2 Å². The van der Waals surface area contributed by atoms with Gasteiger partial charge in [-0.1, -0.05) is 18.2 Å². The van der Waals surface area contributed by atoms with Crippen LogP contribution in [0.1, 0.15) is 33.3 Å². The molecule has 0 radical (unpaired) electrons. The van der Waals surface area contributed by atoms with E-state index in [0.29, 0.717) is 31.5 Å². The molecule has 0 aliphatic carbocycles. The van der Waals surface area contributed by atoms with Gasteiger partial charge in [0.15, 0.2) is 5.82 Å². The second-order valence-corrected chi connectivity index (χ2v) is 8.30. The number of methoxy groups -OCH3 is 1. The van der Waals surface area contributed by atoms with E-state index in [1.54, 1.807) is 19.2 Å². The lowest BCUT2D eigenvalue weighted by Crippen LogP contribution is -2.48. The number of anilines is 1. The lowest BCUT2D eigenvalue weighted by atomic mass is 10.1. The van der Waals surface area contributed by atoms with Crippen molar-refractivity contribution < 1.29 is 19.3 Å². The summed E-state index contributed by atoms with van der Waals surface area (Å²) in [6, 6.07) is 11.3. The molecule has 1 atom stereocenters. The lowest BCUT2D eigenvalue weighted by Gasteiger charge is -2.27. The number of aromatic nitrogens is 2. The third-order valence-corrected chi connectivity index (χ3v) is 4.41. The zero-order valence-corrected chi connectivity index (χ0v) is 19.6. The number of ether oxygens (including phenoxy) is 3. The number of hydrogen-bond acceptors (Lipinski definition) is 9. The molecular weight excluding hydrogens is 410 g/mol. The minimum absolute atomic E-state index is 0.188. The predicted octanol–water partition coefficient (Wildman–Crippen LogP) is 2.66. The summed E-state index contributed by atoms with van der Waals surface area (Å²) in [5.74, 6) is 1.73. The Morgan fingerprint density at radius 1 is 1.12 bits per heavy atom. The predicted molar refractivity (Wildman–Crippen MR) is 126 cm³/mol. The van der Waals surface area contributed by atoms with E-state index in [1.165, 1.54) is 0 Å². The molecule has 1 aromatic carbocycles. The maximum absolute atomic E-state index is 10.4. The molecule has 0 aliphatic heterocycles. The molecule has 1 heterocycles. The van der Waals surface area contributed by atoms with Gasteiger partial charge in [0, 0.05) is 31.0 Å². The summed E-state index contributed by atoms with van der Waals surface area (Å²) >= 11 is 0. The molecule has 0 fully saturated rings. The highest BCUT2D eigenvalue weighted by Crippen LogP contribution is 2.19. The number of nitrogens with zero attached hydrogens (tertiary/aromatic N) is 3. The maximum atomic E-state index is 10.4. The van der Waals surface area contributed by atoms with Gasteiger partial charge in [0.25, 0.3) is 0 Å². The van der Waals surface area contributed by atoms with Crippen LogP contribution in [0.15, 0.2) is 41.5 Å². The van der Waals surface area contributed by atoms with Gasteiger partial charge in [-0.25, -0.2) is 0 Å². The first-order valence-corrected chi connectivity index (χ1v) is 10.7. The number of hydrazone groups is 1. The second kappa shape index (κ2) is 12.9. The number of para-hydroxylation sites is 1. The van der Waals surface area contributed by atoms with Crippen LogP contribution in [-0.4, -0.2) is 66.1 Å². The first-order valence-electron chi connectivity index (χ1n) is 10.7. The lowest BCUT2D eigenvalue weighted by molar-refractivity contribution is 0.0916. The van der Waals surface area contributed by atoms with Gasteiger partial charge < -0.3 is 24.6 Å². The van der Waals surface area contributed by atoms with E-state index in [4.69, 9.17) is 14.2 Å². The summed E-state index contributed by atoms with van der Waals surface area (Å²) in [7, 11) is 1.67. The Hall–Kier alpha value is -2.75. The Morgan fingerprint density at radius 3 is 2.59 bits per heavy atom. The fraction of sp³-hybridized carbons (Fsp3) is 0.522. The molecule has 1 unspecified atom stereocenters. The van der Waals surface area contributed by atoms with Crippen molar-refractivity contribution in [3.05, 3.63) is 42.0 Å². The van der Waals surface area contributed by atoms with Gasteiger partial charge >= 0.3 is 0 Å². The molecule has 0 spiro atoms. The molecule has 0 bridgehead atoms. The molecule has 3 N–H and O–H groups in total. The summed E-state index contributed by atoms with van der Waals surface area (Å²) in [6.07, 6.45) is 0.0917. The van der Waals surface area contributed by atoms with E-state index in [2.05, 4.69) is 26.0 Å². The van der Waals surface area contributed by atoms with Crippen molar-refractivity contribution in [2.75, 3.05) is 38.9 Å². The molecule has 9 nitrogen and oxygen atoms in total. The Balaban J connectivity index is 1.75. The van der Waals surface area contributed by atoms with E-state index in [0.717, 1.165) is 23.4 Å². The van der Waals surface area contributed by atoms with Crippen molar-refractivity contribution in [2.24, 2.45) is 5.10 Å². The van der Waals surface area contributed by atoms with Crippen molar-refractivity contribution >= 4 is 11.5 Å². The number of nitrogens with one attached hydrogen (secondary N) is 2. The SMILES string of the molecule is COCCc1ccccc1OCC(O)CNC(C)(C)COc1ccc(NN=C(C)C)nn1. The van der Waals surface area contributed by atoms with E-state index >= 15 is 0 Å². The Kier molecular flexibility index (Phi) is 10.3. The maximum Gasteiger partial charge on any atom is 0.233 e. The molecule has 176 valence electrons. The summed E-state index contributed by atoms with van der Waals surface area (Å²) in [4.78, 5) is 0. The smallest absolute Gasteiger partial charge is 0.233 e. The van der Waals surface area contributed by atoms with Crippen molar-refractivity contribution in [3.63, 3.8) is 0 Å². The highest BCUT2D eigenvalue weighted by molar-refractivity contribution is 5.79. The second-order valence-electron chi connectivity index (χ2n) is 8.30. The number of rotatable bonds is 14. The largest absolute Gasteiger partial charge is 0.491 e. The highest BCUT2D eigenvalue weighted by atomic mass is 16.5. The van der Waals surface area contributed by atoms with E-state index < -0.39 is 6.10 Å². The fourth-order valence-electron chi connectivity index (χ4n) is 2.63. The van der Waals surface area contributed by atoms with Crippen LogP contribution < -0.4 is 20.2 Å². The summed E-state index contributed by atoms with van der Waals surface area (Å²) in [5, 5.41) is 25.8. The molecule has 2 rings (SSSR count). The van der Waals surface area contributed by atoms with Gasteiger partial charge in [0.1, 0.15) is 25.1 Å². The van der Waals surface area contributed by atoms with Crippen molar-refractivity contribution in [1.29, 1.82) is 0 Å². The van der Waals surface area contributed by atoms with Crippen molar-refractivity contribution in [1.82, 2.24) is 15.5 Å². The average Bonchev–Trinajstić information content (AvgIpc) is 2.78. The standard InChI is InChI=1S/C23H35N5O4/c1-17(2)25-26-21-10-11-22(28-27-21)32-16-23(3,4)24-14-19(29)15-31-20-9-7-6-8-18(20)12-13-30-5/h6-11,19,24,29H,12-16H2,1-5H3,(H,26,27). The van der Waals surface area contributed by atoms with Crippen LogP contribution in [0, 0.1) is 0 Å². The molecule has 0 amide bonds. The van der Waals surface area contributed by atoms with Crippen LogP contribution in [0.3, 0.4) is 0 Å². The van der Waals surface area contributed by atoms with Gasteiger partial charge in [-0.15, -0.1) is 10.2 Å². The van der Waals surface area contributed by atoms with Gasteiger partial charge in [0.05, 0.1) is 6.61 Å². The van der Waals surface area contributed by atoms with Gasteiger partial charge in [-0.2, -0.15) is 5.10 Å². The Bertz CT molecular complexity index is 839.